The van der Waals surface area contributed by atoms with Crippen molar-refractivity contribution < 1.29 is 29.3 Å². The van der Waals surface area contributed by atoms with Crippen LogP contribution in [0.1, 0.15) is 48.3 Å². The molecule has 1 saturated heterocycles. The molecule has 0 saturated carbocycles. The Labute approximate surface area is 240 Å². The maximum absolute atomic E-state index is 12.2. The number of carboxylic acids is 1. The number of tetrazole rings is 1. The molecule has 1 aliphatic heterocycles. The van der Waals surface area contributed by atoms with E-state index in [4.69, 9.17) is 14.6 Å². The number of thioether (sulfide) groups is 1. The van der Waals surface area contributed by atoms with Crippen LogP contribution in [0.2, 0.25) is 0 Å². The van der Waals surface area contributed by atoms with E-state index >= 15 is 0 Å². The number of carboxylic acid groups (broad SMARTS) is 1. The molecule has 5 rings (SSSR count). The van der Waals surface area contributed by atoms with E-state index in [1.165, 1.54) is 11.8 Å². The van der Waals surface area contributed by atoms with Crippen molar-refractivity contribution in [2.75, 3.05) is 11.1 Å². The van der Waals surface area contributed by atoms with Crippen LogP contribution in [0.4, 0.5) is 5.69 Å². The van der Waals surface area contributed by atoms with Gasteiger partial charge in [0.15, 0.2) is 6.29 Å². The van der Waals surface area contributed by atoms with Gasteiger partial charge in [0.2, 0.25) is 11.1 Å². The minimum absolute atomic E-state index is 0.0437. The van der Waals surface area contributed by atoms with Gasteiger partial charge in [-0.05, 0) is 45.8 Å². The molecule has 12 heteroatoms. The quantitative estimate of drug-likeness (QED) is 0.221. The highest BCUT2D eigenvalue weighted by Crippen LogP contribution is 2.39. The molecule has 2 heterocycles. The molecule has 0 spiro atoms. The Morgan fingerprint density at radius 3 is 2.54 bits per heavy atom. The smallest absolute Gasteiger partial charge is 0.303 e. The zero-order valence-electron chi connectivity index (χ0n) is 22.0. The van der Waals surface area contributed by atoms with Crippen LogP contribution < -0.4 is 5.32 Å². The van der Waals surface area contributed by atoms with Gasteiger partial charge in [0.1, 0.15) is 0 Å². The van der Waals surface area contributed by atoms with Crippen molar-refractivity contribution in [3.05, 3.63) is 95.6 Å². The van der Waals surface area contributed by atoms with E-state index in [0.717, 1.165) is 16.8 Å². The highest BCUT2D eigenvalue weighted by molar-refractivity contribution is 7.99. The van der Waals surface area contributed by atoms with E-state index in [0.29, 0.717) is 28.6 Å². The van der Waals surface area contributed by atoms with Gasteiger partial charge in [-0.2, -0.15) is 4.68 Å². The number of carbonyl (C=O) groups excluding carboxylic acids is 1. The number of nitrogens with one attached hydrogen (secondary N) is 1. The van der Waals surface area contributed by atoms with Crippen molar-refractivity contribution in [1.82, 2.24) is 20.2 Å². The van der Waals surface area contributed by atoms with E-state index < -0.39 is 12.3 Å². The summed E-state index contributed by atoms with van der Waals surface area (Å²) in [6, 6.07) is 24.4. The first-order chi connectivity index (χ1) is 20.0. The van der Waals surface area contributed by atoms with E-state index in [1.54, 1.807) is 22.9 Å². The van der Waals surface area contributed by atoms with E-state index in [9.17, 15) is 14.7 Å². The Balaban J connectivity index is 1.34. The molecule has 0 bridgehead atoms. The fraction of sp³-hybridized carbons (Fsp3) is 0.276. The zero-order valence-corrected chi connectivity index (χ0v) is 22.8. The second-order valence-corrected chi connectivity index (χ2v) is 10.4. The number of anilines is 1. The molecule has 3 atom stereocenters. The number of amides is 1. The fourth-order valence-electron chi connectivity index (χ4n) is 4.40. The predicted octanol–water partition coefficient (Wildman–Crippen LogP) is 4.30. The number of aliphatic hydroxyl groups is 1. The highest BCUT2D eigenvalue weighted by Gasteiger charge is 2.33. The molecule has 3 N–H and O–H groups in total. The van der Waals surface area contributed by atoms with Crippen molar-refractivity contribution >= 4 is 29.3 Å². The summed E-state index contributed by atoms with van der Waals surface area (Å²) in [4.78, 5) is 23.0. The number of carbonyl (C=O) groups is 2. The monoisotopic (exact) mass is 575 g/mol. The Kier molecular flexibility index (Phi) is 9.36. The molecule has 1 amide bonds. The average Bonchev–Trinajstić information content (AvgIpc) is 3.48. The van der Waals surface area contributed by atoms with E-state index in [1.807, 2.05) is 60.7 Å². The van der Waals surface area contributed by atoms with Crippen molar-refractivity contribution in [1.29, 1.82) is 0 Å². The largest absolute Gasteiger partial charge is 0.481 e. The molecule has 0 radical (unpaired) electrons. The summed E-state index contributed by atoms with van der Waals surface area (Å²) in [5.41, 5.74) is 3.85. The van der Waals surface area contributed by atoms with Gasteiger partial charge in [-0.3, -0.25) is 9.59 Å². The number of benzene rings is 3. The molecule has 212 valence electrons. The van der Waals surface area contributed by atoms with Gasteiger partial charge in [-0.25, -0.2) is 0 Å². The number of aliphatic carboxylic acids is 1. The topological polar surface area (TPSA) is 149 Å². The number of nitrogens with zero attached hydrogens (tertiary/aromatic N) is 4. The lowest BCUT2D eigenvalue weighted by Crippen LogP contribution is -2.31. The molecule has 0 aliphatic carbocycles. The van der Waals surface area contributed by atoms with E-state index in [-0.39, 0.29) is 37.6 Å². The Hall–Kier alpha value is -4.10. The van der Waals surface area contributed by atoms with Crippen LogP contribution in [0.25, 0.3) is 5.69 Å². The van der Waals surface area contributed by atoms with Crippen LogP contribution in [-0.4, -0.2) is 54.2 Å². The number of ether oxygens (including phenoxy) is 2. The van der Waals surface area contributed by atoms with Crippen LogP contribution in [0, 0.1) is 0 Å². The number of aromatic nitrogens is 4. The van der Waals surface area contributed by atoms with Gasteiger partial charge >= 0.3 is 5.97 Å². The van der Waals surface area contributed by atoms with Gasteiger partial charge in [0.25, 0.3) is 0 Å². The Morgan fingerprint density at radius 2 is 1.78 bits per heavy atom. The Morgan fingerprint density at radius 1 is 0.976 bits per heavy atom. The van der Waals surface area contributed by atoms with Crippen LogP contribution in [0.5, 0.6) is 0 Å². The summed E-state index contributed by atoms with van der Waals surface area (Å²) in [6.07, 6.45) is -1.02. The molecule has 11 nitrogen and oxygen atoms in total. The maximum atomic E-state index is 12.2. The fourth-order valence-corrected chi connectivity index (χ4v) is 5.31. The summed E-state index contributed by atoms with van der Waals surface area (Å²) in [5, 5.41) is 33.9. The number of hydrogen-bond acceptors (Lipinski definition) is 9. The van der Waals surface area contributed by atoms with Gasteiger partial charge < -0.3 is 25.0 Å². The van der Waals surface area contributed by atoms with Crippen LogP contribution in [0.15, 0.2) is 84.0 Å². The lowest BCUT2D eigenvalue weighted by atomic mass is 10.0. The number of para-hydroxylation sites is 1. The third-order valence-corrected chi connectivity index (χ3v) is 7.51. The van der Waals surface area contributed by atoms with Gasteiger partial charge in [0, 0.05) is 29.8 Å². The van der Waals surface area contributed by atoms with Gasteiger partial charge in [0.05, 0.1) is 30.9 Å². The first-order valence-electron chi connectivity index (χ1n) is 13.1. The normalized spacial score (nSPS) is 18.6. The minimum Gasteiger partial charge on any atom is -0.481 e. The lowest BCUT2D eigenvalue weighted by molar-refractivity contribution is -0.245. The molecule has 41 heavy (non-hydrogen) atoms. The van der Waals surface area contributed by atoms with E-state index in [2.05, 4.69) is 20.8 Å². The Bertz CT molecular complexity index is 1470. The summed E-state index contributed by atoms with van der Waals surface area (Å²) >= 11 is 1.48. The molecule has 1 aliphatic rings. The van der Waals surface area contributed by atoms with Crippen LogP contribution >= 0.6 is 11.8 Å². The molecule has 1 fully saturated rings. The molecule has 0 unspecified atom stereocenters. The van der Waals surface area contributed by atoms with Crippen molar-refractivity contribution in [2.24, 2.45) is 0 Å². The number of aliphatic hydroxyl groups excluding tert-OH is 1. The van der Waals surface area contributed by atoms with Gasteiger partial charge in [-0.1, -0.05) is 66.4 Å². The maximum Gasteiger partial charge on any atom is 0.303 e. The molecule has 3 aromatic carbocycles. The number of hydrogen-bond donors (Lipinski definition) is 3. The first-order valence-corrected chi connectivity index (χ1v) is 14.1. The zero-order chi connectivity index (χ0) is 28.6. The summed E-state index contributed by atoms with van der Waals surface area (Å²) < 4.78 is 14.5. The third-order valence-electron chi connectivity index (χ3n) is 6.46. The molecular weight excluding hydrogens is 546 g/mol. The van der Waals surface area contributed by atoms with Crippen molar-refractivity contribution in [3.63, 3.8) is 0 Å². The summed E-state index contributed by atoms with van der Waals surface area (Å²) in [6.45, 7) is -0.0437. The SMILES string of the molecule is O=C(O)CCC(=O)Nc1cccc([C@H]2O[C@@H](CSc3nnnn3-c3ccccc3)C[C@@H](c3ccc(CO)cc3)O2)c1. The minimum atomic E-state index is -1.03. The van der Waals surface area contributed by atoms with Crippen molar-refractivity contribution in [2.45, 2.75) is 49.5 Å². The number of rotatable bonds is 11. The third kappa shape index (κ3) is 7.55. The molecular formula is C29H29N5O6S. The summed E-state index contributed by atoms with van der Waals surface area (Å²) in [7, 11) is 0. The second-order valence-electron chi connectivity index (χ2n) is 9.44. The average molecular weight is 576 g/mol. The van der Waals surface area contributed by atoms with Crippen molar-refractivity contribution in [3.8, 4) is 5.69 Å². The van der Waals surface area contributed by atoms with Crippen LogP contribution in [0.3, 0.4) is 0 Å². The lowest BCUT2D eigenvalue weighted by Gasteiger charge is -2.36. The standard InChI is InChI=1S/C29H29N5O6S/c35-17-19-9-11-20(12-10-19)25-16-24(18-41-29-31-32-33-34(29)23-7-2-1-3-8-23)39-28(40-25)21-5-4-6-22(15-21)30-26(36)13-14-27(37)38/h1-12,15,24-25,28,35H,13-14,16-18H2,(H,30,36)(H,37,38)/t24-,25+,28+/m1/s1. The first kappa shape index (κ1) is 28.4. The van der Waals surface area contributed by atoms with Gasteiger partial charge in [-0.15, -0.1) is 5.10 Å². The molecule has 4 aromatic rings. The van der Waals surface area contributed by atoms with Crippen LogP contribution in [-0.2, 0) is 25.7 Å². The molecule has 1 aromatic heterocycles. The predicted molar refractivity (Wildman–Crippen MR) is 150 cm³/mol. The summed E-state index contributed by atoms with van der Waals surface area (Å²) in [5.74, 6) is -0.857. The second kappa shape index (κ2) is 13.5. The highest BCUT2D eigenvalue weighted by atomic mass is 32.2.